The summed E-state index contributed by atoms with van der Waals surface area (Å²) in [5.74, 6) is 0. The summed E-state index contributed by atoms with van der Waals surface area (Å²) in [6.45, 7) is 8.51. The third-order valence-corrected chi connectivity index (χ3v) is 9.53. The minimum atomic E-state index is -0.368. The fourth-order valence-corrected chi connectivity index (χ4v) is 6.98. The van der Waals surface area contributed by atoms with Gasteiger partial charge in [0.05, 0.1) is 17.4 Å². The Morgan fingerprint density at radius 3 is 2.15 bits per heavy atom. The molecule has 0 spiro atoms. The molecule has 41 heavy (non-hydrogen) atoms. The fourth-order valence-electron chi connectivity index (χ4n) is 6.67. The molecule has 1 atom stereocenters. The molecule has 1 aliphatic carbocycles. The van der Waals surface area contributed by atoms with E-state index in [0.717, 1.165) is 63.6 Å². The summed E-state index contributed by atoms with van der Waals surface area (Å²) in [4.78, 5) is 4.32. The van der Waals surface area contributed by atoms with Crippen LogP contribution in [0.25, 0.3) is 0 Å². The van der Waals surface area contributed by atoms with Crippen LogP contribution in [-0.2, 0) is 10.8 Å². The average molecular weight is 577 g/mol. The van der Waals surface area contributed by atoms with E-state index in [4.69, 9.17) is 11.6 Å². The van der Waals surface area contributed by atoms with Crippen LogP contribution in [0, 0.1) is 10.4 Å². The summed E-state index contributed by atoms with van der Waals surface area (Å²) in [5, 5.41) is 42.4. The van der Waals surface area contributed by atoms with Crippen molar-refractivity contribution in [3.8, 4) is 0 Å². The predicted octanol–water partition coefficient (Wildman–Crippen LogP) is 7.64. The number of hydrogen-bond acceptors (Lipinski definition) is 8. The molecule has 0 radical (unpaired) electrons. The Morgan fingerprint density at radius 2 is 1.51 bits per heavy atom. The van der Waals surface area contributed by atoms with Crippen molar-refractivity contribution in [1.82, 2.24) is 0 Å². The molecule has 0 saturated carbocycles. The van der Waals surface area contributed by atoms with Crippen molar-refractivity contribution in [1.29, 1.82) is 0 Å². The molecule has 2 aliphatic heterocycles. The van der Waals surface area contributed by atoms with Crippen LogP contribution in [0.1, 0.15) is 58.1 Å². The highest BCUT2D eigenvalue weighted by molar-refractivity contribution is 6.32. The van der Waals surface area contributed by atoms with Gasteiger partial charge < -0.3 is 30.7 Å². The zero-order valence-corrected chi connectivity index (χ0v) is 25.1. The van der Waals surface area contributed by atoms with E-state index in [1.165, 1.54) is 0 Å². The molecule has 2 N–H and O–H groups in total. The van der Waals surface area contributed by atoms with Crippen molar-refractivity contribution < 1.29 is 10.4 Å². The third-order valence-electron chi connectivity index (χ3n) is 9.05. The van der Waals surface area contributed by atoms with E-state index < -0.39 is 0 Å². The molecule has 0 fully saturated rings. The summed E-state index contributed by atoms with van der Waals surface area (Å²) in [7, 11) is 4.05. The standard InChI is InChI=1S/C32H37ClN4O4/c1-31(2)24-18-22(36(38)39)12-14-26(24)34(5)28(31)16-10-20-8-7-9-21(30(20)33)11-17-29-32(3,4)25-19-23(37(40)41)13-15-27(25)35(29)6/h10-19,28,38,40H,7-9H2,1-6H3/q-2. The molecule has 5 rings (SSSR count). The van der Waals surface area contributed by atoms with Gasteiger partial charge in [0.1, 0.15) is 0 Å². The van der Waals surface area contributed by atoms with E-state index in [1.807, 2.05) is 26.2 Å². The van der Waals surface area contributed by atoms with Gasteiger partial charge in [0.15, 0.2) is 0 Å². The van der Waals surface area contributed by atoms with Crippen LogP contribution in [0.5, 0.6) is 0 Å². The molecule has 2 aromatic carbocycles. The maximum atomic E-state index is 11.5. The Bertz CT molecular complexity index is 1490. The molecule has 1 unspecified atom stereocenters. The fraction of sp³-hybridized carbons (Fsp3) is 0.375. The van der Waals surface area contributed by atoms with Gasteiger partial charge in [-0.15, -0.1) is 0 Å². The number of halogens is 1. The molecule has 0 saturated heterocycles. The lowest BCUT2D eigenvalue weighted by Gasteiger charge is -2.30. The quantitative estimate of drug-likeness (QED) is 0.350. The van der Waals surface area contributed by atoms with Crippen LogP contribution < -0.4 is 20.3 Å². The van der Waals surface area contributed by atoms with Crippen molar-refractivity contribution in [3.05, 3.63) is 104 Å². The Kier molecular flexibility index (Phi) is 7.51. The van der Waals surface area contributed by atoms with Crippen LogP contribution in [0.4, 0.5) is 22.7 Å². The first-order valence-corrected chi connectivity index (χ1v) is 14.2. The SMILES string of the molecule is CN1C(=CC=C2CCCC(C=CC3N(C)c4ccc(N([O-])O)cc4C3(C)C)=C2Cl)C(C)(C)c2cc(N([O-])O)ccc21. The van der Waals surface area contributed by atoms with Crippen molar-refractivity contribution >= 4 is 34.4 Å². The van der Waals surface area contributed by atoms with E-state index in [1.54, 1.807) is 24.3 Å². The second-order valence-electron chi connectivity index (χ2n) is 12.2. The summed E-state index contributed by atoms with van der Waals surface area (Å²) in [6, 6.07) is 10.5. The second kappa shape index (κ2) is 10.5. The Hall–Kier alpha value is -3.27. The molecule has 0 amide bonds. The van der Waals surface area contributed by atoms with E-state index in [0.29, 0.717) is 0 Å². The molecule has 0 bridgehead atoms. The summed E-state index contributed by atoms with van der Waals surface area (Å²) >= 11 is 6.99. The van der Waals surface area contributed by atoms with Crippen molar-refractivity contribution in [3.63, 3.8) is 0 Å². The maximum absolute atomic E-state index is 11.5. The van der Waals surface area contributed by atoms with E-state index in [9.17, 15) is 20.8 Å². The number of anilines is 4. The Morgan fingerprint density at radius 1 is 0.902 bits per heavy atom. The van der Waals surface area contributed by atoms with Crippen LogP contribution in [0.2, 0.25) is 0 Å². The van der Waals surface area contributed by atoms with E-state index >= 15 is 0 Å². The van der Waals surface area contributed by atoms with Crippen molar-refractivity contribution in [2.24, 2.45) is 0 Å². The lowest BCUT2D eigenvalue weighted by atomic mass is 9.80. The Labute approximate surface area is 246 Å². The van der Waals surface area contributed by atoms with Gasteiger partial charge >= 0.3 is 0 Å². The van der Waals surface area contributed by atoms with Gasteiger partial charge in [-0.3, -0.25) is 10.4 Å². The normalized spacial score (nSPS) is 23.1. The van der Waals surface area contributed by atoms with Gasteiger partial charge in [-0.1, -0.05) is 57.5 Å². The number of benzene rings is 2. The zero-order chi connectivity index (χ0) is 29.9. The van der Waals surface area contributed by atoms with E-state index in [2.05, 4.69) is 61.8 Å². The number of fused-ring (bicyclic) bond motifs is 2. The Balaban J connectivity index is 1.42. The molecular formula is C32H37ClN4O4-2. The third kappa shape index (κ3) is 4.94. The minimum Gasteiger partial charge on any atom is -0.733 e. The molecule has 0 aromatic heterocycles. The molecule has 3 aliphatic rings. The highest BCUT2D eigenvalue weighted by Gasteiger charge is 2.42. The van der Waals surface area contributed by atoms with Gasteiger partial charge in [-0.2, -0.15) is 0 Å². The number of rotatable bonds is 5. The summed E-state index contributed by atoms with van der Waals surface area (Å²) < 4.78 is 0. The van der Waals surface area contributed by atoms with Crippen molar-refractivity contribution in [2.45, 2.75) is 63.8 Å². The van der Waals surface area contributed by atoms with Gasteiger partial charge in [0.25, 0.3) is 0 Å². The first kappa shape index (κ1) is 29.2. The van der Waals surface area contributed by atoms with Gasteiger partial charge in [0, 0.05) is 47.0 Å². The minimum absolute atomic E-state index is 0.0419. The number of nitrogens with zero attached hydrogens (tertiary/aromatic N) is 4. The van der Waals surface area contributed by atoms with E-state index in [-0.39, 0.29) is 38.7 Å². The topological polar surface area (TPSA) is 99.5 Å². The first-order chi connectivity index (χ1) is 19.2. The van der Waals surface area contributed by atoms with Gasteiger partial charge in [0.2, 0.25) is 0 Å². The lowest BCUT2D eigenvalue weighted by Crippen LogP contribution is -2.37. The lowest BCUT2D eigenvalue weighted by molar-refractivity contribution is 0.296. The second-order valence-corrected chi connectivity index (χ2v) is 12.6. The van der Waals surface area contributed by atoms with Crippen LogP contribution in [0.3, 0.4) is 0 Å². The van der Waals surface area contributed by atoms with Crippen molar-refractivity contribution in [2.75, 3.05) is 34.3 Å². The van der Waals surface area contributed by atoms with Gasteiger partial charge in [-0.05, 0) is 84.0 Å². The number of likely N-dealkylation sites (N-methyl/N-ethyl adjacent to an activating group) is 2. The molecular weight excluding hydrogens is 540 g/mol. The molecule has 9 heteroatoms. The smallest absolute Gasteiger partial charge is 0.0565 e. The zero-order valence-electron chi connectivity index (χ0n) is 24.3. The molecule has 8 nitrogen and oxygen atoms in total. The molecule has 2 heterocycles. The summed E-state index contributed by atoms with van der Waals surface area (Å²) in [5.41, 5.74) is 7.04. The van der Waals surface area contributed by atoms with Gasteiger partial charge in [-0.25, -0.2) is 0 Å². The number of hydrogen-bond donors (Lipinski definition) is 2. The average Bonchev–Trinajstić information content (AvgIpc) is 3.24. The number of allylic oxidation sites excluding steroid dienone is 7. The highest BCUT2D eigenvalue weighted by atomic mass is 35.5. The van der Waals surface area contributed by atoms with Crippen LogP contribution in [0.15, 0.2) is 82.6 Å². The predicted molar refractivity (Wildman–Crippen MR) is 167 cm³/mol. The van der Waals surface area contributed by atoms with Crippen LogP contribution >= 0.6 is 11.6 Å². The maximum Gasteiger partial charge on any atom is 0.0565 e. The summed E-state index contributed by atoms with van der Waals surface area (Å²) in [6.07, 6.45) is 11.3. The molecule has 218 valence electrons. The largest absolute Gasteiger partial charge is 0.733 e. The van der Waals surface area contributed by atoms with Crippen LogP contribution in [-0.4, -0.2) is 30.6 Å². The first-order valence-electron chi connectivity index (χ1n) is 13.8. The monoisotopic (exact) mass is 576 g/mol. The highest BCUT2D eigenvalue weighted by Crippen LogP contribution is 2.49. The molecule has 2 aromatic rings.